The summed E-state index contributed by atoms with van der Waals surface area (Å²) in [6, 6.07) is 3.35. The third-order valence-electron chi connectivity index (χ3n) is 4.38. The molecule has 1 atom stereocenters. The average Bonchev–Trinajstić information content (AvgIpc) is 2.42. The van der Waals surface area contributed by atoms with Crippen molar-refractivity contribution < 1.29 is 13.2 Å². The highest BCUT2D eigenvalue weighted by molar-refractivity contribution is 7.89. The van der Waals surface area contributed by atoms with Gasteiger partial charge >= 0.3 is 0 Å². The van der Waals surface area contributed by atoms with Gasteiger partial charge in [-0.25, -0.2) is 8.42 Å². The molecule has 2 rings (SSSR count). The molecule has 1 aromatic carbocycles. The van der Waals surface area contributed by atoms with Crippen molar-refractivity contribution in [1.82, 2.24) is 4.31 Å². The van der Waals surface area contributed by atoms with Crippen LogP contribution in [0.15, 0.2) is 17.0 Å². The van der Waals surface area contributed by atoms with Gasteiger partial charge < -0.3 is 10.5 Å². The summed E-state index contributed by atoms with van der Waals surface area (Å²) >= 11 is 0. The van der Waals surface area contributed by atoms with E-state index < -0.39 is 15.6 Å². The van der Waals surface area contributed by atoms with Gasteiger partial charge in [0, 0.05) is 25.9 Å². The molecule has 0 amide bonds. The van der Waals surface area contributed by atoms with Gasteiger partial charge in [-0.15, -0.1) is 0 Å². The standard InChI is InChI=1S/C15H24N2O3S/c1-11-8-13(16)9-14(12(11)2)21(18,19)17-7-5-6-15(3,10-17)20-4/h8-9H,5-7,10,16H2,1-4H3. The number of hydrogen-bond acceptors (Lipinski definition) is 4. The molecular formula is C15H24N2O3S. The maximum absolute atomic E-state index is 12.9. The predicted molar refractivity (Wildman–Crippen MR) is 83.7 cm³/mol. The highest BCUT2D eigenvalue weighted by atomic mass is 32.2. The first kappa shape index (κ1) is 16.3. The molecule has 1 fully saturated rings. The Hall–Kier alpha value is -1.11. The first-order valence-electron chi connectivity index (χ1n) is 7.12. The first-order valence-corrected chi connectivity index (χ1v) is 8.56. The van der Waals surface area contributed by atoms with E-state index in [1.807, 2.05) is 20.8 Å². The van der Waals surface area contributed by atoms with Gasteiger partial charge in [0.1, 0.15) is 0 Å². The molecule has 1 aliphatic rings. The zero-order valence-corrected chi connectivity index (χ0v) is 14.0. The summed E-state index contributed by atoms with van der Waals surface area (Å²) in [4.78, 5) is 0.306. The summed E-state index contributed by atoms with van der Waals surface area (Å²) in [5, 5.41) is 0. The van der Waals surface area contributed by atoms with Crippen LogP contribution in [-0.2, 0) is 14.8 Å². The molecular weight excluding hydrogens is 288 g/mol. The quantitative estimate of drug-likeness (QED) is 0.867. The van der Waals surface area contributed by atoms with Gasteiger partial charge in [-0.3, -0.25) is 0 Å². The number of piperidine rings is 1. The molecule has 21 heavy (non-hydrogen) atoms. The average molecular weight is 312 g/mol. The SMILES string of the molecule is COC1(C)CCCN(S(=O)(=O)c2cc(N)cc(C)c2C)C1. The lowest BCUT2D eigenvalue weighted by molar-refractivity contribution is -0.0319. The number of ether oxygens (including phenoxy) is 1. The summed E-state index contributed by atoms with van der Waals surface area (Å²) < 4.78 is 32.9. The largest absolute Gasteiger partial charge is 0.399 e. The van der Waals surface area contributed by atoms with E-state index in [9.17, 15) is 8.42 Å². The number of nitrogens with zero attached hydrogens (tertiary/aromatic N) is 1. The van der Waals surface area contributed by atoms with Crippen LogP contribution in [0.2, 0.25) is 0 Å². The molecule has 118 valence electrons. The van der Waals surface area contributed by atoms with Gasteiger partial charge in [0.15, 0.2) is 0 Å². The third kappa shape index (κ3) is 3.07. The van der Waals surface area contributed by atoms with Gasteiger partial charge in [-0.2, -0.15) is 4.31 Å². The molecule has 1 aliphatic heterocycles. The van der Waals surface area contributed by atoms with Crippen LogP contribution >= 0.6 is 0 Å². The molecule has 0 aromatic heterocycles. The minimum atomic E-state index is -3.55. The maximum Gasteiger partial charge on any atom is 0.243 e. The lowest BCUT2D eigenvalue weighted by Crippen LogP contribution is -2.49. The zero-order valence-electron chi connectivity index (χ0n) is 13.1. The van der Waals surface area contributed by atoms with Crippen molar-refractivity contribution in [2.45, 2.75) is 44.1 Å². The van der Waals surface area contributed by atoms with Crippen molar-refractivity contribution in [1.29, 1.82) is 0 Å². The van der Waals surface area contributed by atoms with Gasteiger partial charge in [0.25, 0.3) is 0 Å². The van der Waals surface area contributed by atoms with Crippen LogP contribution in [0.4, 0.5) is 5.69 Å². The highest BCUT2D eigenvalue weighted by Gasteiger charge is 2.37. The zero-order chi connectivity index (χ0) is 15.8. The van der Waals surface area contributed by atoms with Crippen LogP contribution < -0.4 is 5.73 Å². The first-order chi connectivity index (χ1) is 9.69. The molecule has 1 unspecified atom stereocenters. The molecule has 0 saturated carbocycles. The van der Waals surface area contributed by atoms with Crippen LogP contribution in [0.3, 0.4) is 0 Å². The van der Waals surface area contributed by atoms with Crippen LogP contribution in [0.5, 0.6) is 0 Å². The van der Waals surface area contributed by atoms with E-state index in [2.05, 4.69) is 0 Å². The number of nitrogen functional groups attached to an aromatic ring is 1. The van der Waals surface area contributed by atoms with Crippen LogP contribution in [0.25, 0.3) is 0 Å². The summed E-state index contributed by atoms with van der Waals surface area (Å²) in [6.07, 6.45) is 1.66. The minimum absolute atomic E-state index is 0.306. The molecule has 1 aromatic rings. The fourth-order valence-corrected chi connectivity index (χ4v) is 4.72. The Morgan fingerprint density at radius 1 is 1.33 bits per heavy atom. The molecule has 5 nitrogen and oxygen atoms in total. The van der Waals surface area contributed by atoms with E-state index in [0.717, 1.165) is 24.0 Å². The van der Waals surface area contributed by atoms with Gasteiger partial charge in [-0.1, -0.05) is 0 Å². The van der Waals surface area contributed by atoms with Crippen molar-refractivity contribution in [3.05, 3.63) is 23.3 Å². The molecule has 2 N–H and O–H groups in total. The topological polar surface area (TPSA) is 72.6 Å². The van der Waals surface area contributed by atoms with E-state index in [0.29, 0.717) is 23.7 Å². The van der Waals surface area contributed by atoms with E-state index in [1.165, 1.54) is 4.31 Å². The van der Waals surface area contributed by atoms with Gasteiger partial charge in [0.2, 0.25) is 10.0 Å². The van der Waals surface area contributed by atoms with Gasteiger partial charge in [-0.05, 0) is 56.9 Å². The Kier molecular flexibility index (Phi) is 4.33. The maximum atomic E-state index is 12.9. The predicted octanol–water partition coefficient (Wildman–Crippen LogP) is 2.08. The minimum Gasteiger partial charge on any atom is -0.399 e. The second-order valence-corrected chi connectivity index (χ2v) is 7.96. The summed E-state index contributed by atoms with van der Waals surface area (Å²) in [5.41, 5.74) is 7.53. The molecule has 1 heterocycles. The second kappa shape index (κ2) is 5.59. The smallest absolute Gasteiger partial charge is 0.243 e. The number of nitrogens with two attached hydrogens (primary N) is 1. The van der Waals surface area contributed by atoms with Crippen molar-refractivity contribution in [2.75, 3.05) is 25.9 Å². The summed E-state index contributed by atoms with van der Waals surface area (Å²) in [5.74, 6) is 0. The number of hydrogen-bond donors (Lipinski definition) is 1. The number of sulfonamides is 1. The lowest BCUT2D eigenvalue weighted by Gasteiger charge is -2.38. The number of rotatable bonds is 3. The molecule has 1 saturated heterocycles. The number of methoxy groups -OCH3 is 1. The Morgan fingerprint density at radius 3 is 2.62 bits per heavy atom. The highest BCUT2D eigenvalue weighted by Crippen LogP contribution is 2.31. The molecule has 0 radical (unpaired) electrons. The normalized spacial score (nSPS) is 24.2. The Labute approximate surface area is 127 Å². The Morgan fingerprint density at radius 2 is 2.00 bits per heavy atom. The fraction of sp³-hybridized carbons (Fsp3) is 0.600. The second-order valence-electron chi connectivity index (χ2n) is 6.06. The van der Waals surface area contributed by atoms with Crippen molar-refractivity contribution in [3.63, 3.8) is 0 Å². The van der Waals surface area contributed by atoms with E-state index in [-0.39, 0.29) is 0 Å². The van der Waals surface area contributed by atoms with E-state index >= 15 is 0 Å². The molecule has 0 spiro atoms. The lowest BCUT2D eigenvalue weighted by atomic mass is 9.96. The monoisotopic (exact) mass is 312 g/mol. The number of anilines is 1. The number of benzene rings is 1. The fourth-order valence-electron chi connectivity index (χ4n) is 2.79. The van der Waals surface area contributed by atoms with Crippen molar-refractivity contribution >= 4 is 15.7 Å². The van der Waals surface area contributed by atoms with E-state index in [4.69, 9.17) is 10.5 Å². The van der Waals surface area contributed by atoms with Crippen molar-refractivity contribution in [2.24, 2.45) is 0 Å². The van der Waals surface area contributed by atoms with Crippen LogP contribution in [0.1, 0.15) is 30.9 Å². The van der Waals surface area contributed by atoms with E-state index in [1.54, 1.807) is 19.2 Å². The molecule has 6 heteroatoms. The third-order valence-corrected chi connectivity index (χ3v) is 6.35. The van der Waals surface area contributed by atoms with Gasteiger partial charge in [0.05, 0.1) is 10.5 Å². The molecule has 0 bridgehead atoms. The summed E-state index contributed by atoms with van der Waals surface area (Å²) in [6.45, 7) is 6.54. The van der Waals surface area contributed by atoms with Crippen LogP contribution in [-0.4, -0.2) is 38.5 Å². The summed E-state index contributed by atoms with van der Waals surface area (Å²) in [7, 11) is -1.91. The Balaban J connectivity index is 2.43. The Bertz CT molecular complexity index is 643. The van der Waals surface area contributed by atoms with Crippen LogP contribution in [0, 0.1) is 13.8 Å². The molecule has 0 aliphatic carbocycles. The van der Waals surface area contributed by atoms with Crippen molar-refractivity contribution in [3.8, 4) is 0 Å². The number of aryl methyl sites for hydroxylation is 1.